The Hall–Kier alpha value is -1.51. The van der Waals surface area contributed by atoms with Crippen LogP contribution >= 0.6 is 0 Å². The number of carbonyl (C=O) groups excluding carboxylic acids is 1. The van der Waals surface area contributed by atoms with Crippen LogP contribution in [-0.2, 0) is 4.79 Å². The first-order valence-corrected chi connectivity index (χ1v) is 6.21. The number of benzene rings is 1. The van der Waals surface area contributed by atoms with Crippen molar-refractivity contribution in [2.75, 3.05) is 18.6 Å². The Morgan fingerprint density at radius 1 is 1.24 bits per heavy atom. The molecular weight excluding hydrogens is 214 g/mol. The summed E-state index contributed by atoms with van der Waals surface area (Å²) in [6.45, 7) is 0.899. The lowest BCUT2D eigenvalue weighted by molar-refractivity contribution is -0.126. The number of methoxy groups -OCH3 is 1. The summed E-state index contributed by atoms with van der Waals surface area (Å²) in [7, 11) is 1.68. The lowest BCUT2D eigenvalue weighted by Crippen LogP contribution is -2.52. The lowest BCUT2D eigenvalue weighted by Gasteiger charge is -2.45. The number of ether oxygens (including phenoxy) is 1. The molecule has 0 aromatic heterocycles. The summed E-state index contributed by atoms with van der Waals surface area (Å²) >= 11 is 0. The van der Waals surface area contributed by atoms with Crippen LogP contribution in [0.15, 0.2) is 24.3 Å². The summed E-state index contributed by atoms with van der Waals surface area (Å²) in [6.07, 6.45) is 2.97. The minimum absolute atomic E-state index is 0.266. The third-order valence-electron chi connectivity index (χ3n) is 4.00. The summed E-state index contributed by atoms with van der Waals surface area (Å²) in [5.74, 6) is 1.61. The van der Waals surface area contributed by atoms with Crippen LogP contribution in [0, 0.1) is 5.92 Å². The molecule has 0 unspecified atom stereocenters. The molecule has 0 spiro atoms. The number of hydrogen-bond donors (Lipinski definition) is 0. The number of carbonyl (C=O) groups is 1. The van der Waals surface area contributed by atoms with Crippen molar-refractivity contribution in [3.63, 3.8) is 0 Å². The molecule has 17 heavy (non-hydrogen) atoms. The average molecular weight is 231 g/mol. The first kappa shape index (κ1) is 10.6. The van der Waals surface area contributed by atoms with Crippen LogP contribution in [0.4, 0.5) is 5.69 Å². The number of rotatable bonds is 2. The van der Waals surface area contributed by atoms with E-state index in [1.165, 1.54) is 5.69 Å². The van der Waals surface area contributed by atoms with Gasteiger partial charge in [0.2, 0.25) is 0 Å². The predicted octanol–water partition coefficient (Wildman–Crippen LogP) is 2.25. The van der Waals surface area contributed by atoms with E-state index in [0.29, 0.717) is 11.8 Å². The number of fused-ring (bicyclic) bond motifs is 3. The number of piperidine rings is 2. The topological polar surface area (TPSA) is 29.5 Å². The van der Waals surface area contributed by atoms with Crippen LogP contribution in [0.3, 0.4) is 0 Å². The Morgan fingerprint density at radius 3 is 2.53 bits per heavy atom. The first-order valence-electron chi connectivity index (χ1n) is 6.21. The second-order valence-corrected chi connectivity index (χ2v) is 4.95. The molecule has 90 valence electrons. The van der Waals surface area contributed by atoms with Crippen molar-refractivity contribution < 1.29 is 9.53 Å². The Labute approximate surface area is 101 Å². The summed E-state index contributed by atoms with van der Waals surface area (Å²) < 4.78 is 5.16. The number of ketones is 1. The van der Waals surface area contributed by atoms with Gasteiger partial charge in [0.05, 0.1) is 7.11 Å². The van der Waals surface area contributed by atoms with Crippen molar-refractivity contribution in [1.29, 1.82) is 0 Å². The summed E-state index contributed by atoms with van der Waals surface area (Å²) in [4.78, 5) is 14.1. The lowest BCUT2D eigenvalue weighted by atomic mass is 9.78. The number of Topliss-reactive ketones (excluding diaryl/α,β-unsaturated/α-hetero) is 1. The van der Waals surface area contributed by atoms with E-state index in [0.717, 1.165) is 31.6 Å². The molecule has 2 bridgehead atoms. The fourth-order valence-corrected chi connectivity index (χ4v) is 2.99. The van der Waals surface area contributed by atoms with Crippen molar-refractivity contribution in [2.24, 2.45) is 5.92 Å². The summed E-state index contributed by atoms with van der Waals surface area (Å²) in [5, 5.41) is 0. The minimum atomic E-state index is 0.266. The van der Waals surface area contributed by atoms with Gasteiger partial charge in [-0.3, -0.25) is 4.79 Å². The zero-order valence-corrected chi connectivity index (χ0v) is 10.1. The molecule has 2 atom stereocenters. The highest BCUT2D eigenvalue weighted by Crippen LogP contribution is 2.36. The van der Waals surface area contributed by atoms with E-state index in [4.69, 9.17) is 4.74 Å². The number of hydrogen-bond acceptors (Lipinski definition) is 3. The maximum absolute atomic E-state index is 11.7. The number of nitrogens with zero attached hydrogens (tertiary/aromatic N) is 1. The fraction of sp³-hybridized carbons (Fsp3) is 0.500. The highest BCUT2D eigenvalue weighted by Gasteiger charge is 2.39. The Balaban J connectivity index is 1.82. The molecule has 2 saturated heterocycles. The van der Waals surface area contributed by atoms with E-state index in [1.807, 2.05) is 12.1 Å². The molecule has 2 aliphatic heterocycles. The van der Waals surface area contributed by atoms with Crippen LogP contribution in [0.5, 0.6) is 5.75 Å². The maximum atomic E-state index is 11.7. The van der Waals surface area contributed by atoms with E-state index in [1.54, 1.807) is 7.11 Å². The summed E-state index contributed by atoms with van der Waals surface area (Å²) in [6, 6.07) is 8.56. The van der Waals surface area contributed by atoms with E-state index >= 15 is 0 Å². The van der Waals surface area contributed by atoms with Crippen molar-refractivity contribution in [3.8, 4) is 5.75 Å². The van der Waals surface area contributed by atoms with Crippen molar-refractivity contribution >= 4 is 11.5 Å². The van der Waals surface area contributed by atoms with Crippen molar-refractivity contribution in [2.45, 2.75) is 25.3 Å². The monoisotopic (exact) mass is 231 g/mol. The molecule has 3 nitrogen and oxygen atoms in total. The normalized spacial score (nSPS) is 27.4. The molecule has 0 N–H and O–H groups in total. The van der Waals surface area contributed by atoms with E-state index in [-0.39, 0.29) is 5.92 Å². The molecular formula is C14H17NO2. The van der Waals surface area contributed by atoms with Crippen LogP contribution in [0.25, 0.3) is 0 Å². The number of anilines is 1. The second kappa shape index (κ2) is 4.06. The third kappa shape index (κ3) is 1.79. The van der Waals surface area contributed by atoms with E-state index < -0.39 is 0 Å². The molecule has 1 saturated carbocycles. The molecule has 1 aliphatic carbocycles. The van der Waals surface area contributed by atoms with E-state index in [2.05, 4.69) is 17.0 Å². The SMILES string of the molecule is COc1ccc(N2C[C@H]3CC[C@H]2CC3=O)cc1. The standard InChI is InChI=1S/C14H17NO2/c1-17-13-6-4-11(5-7-13)15-9-10-2-3-12(15)8-14(10)16/h4-7,10,12H,2-3,8-9H2,1H3/t10-,12+/m1/s1. The van der Waals surface area contributed by atoms with Gasteiger partial charge in [0.25, 0.3) is 0 Å². The molecule has 4 rings (SSSR count). The highest BCUT2D eigenvalue weighted by molar-refractivity contribution is 5.85. The van der Waals surface area contributed by atoms with Crippen LogP contribution in [0.2, 0.25) is 0 Å². The second-order valence-electron chi connectivity index (χ2n) is 4.95. The van der Waals surface area contributed by atoms with Crippen LogP contribution < -0.4 is 9.64 Å². The highest BCUT2D eigenvalue weighted by atomic mass is 16.5. The molecule has 1 aromatic carbocycles. The molecule has 0 amide bonds. The zero-order valence-electron chi connectivity index (χ0n) is 10.1. The molecule has 3 aliphatic rings. The van der Waals surface area contributed by atoms with Gasteiger partial charge < -0.3 is 9.64 Å². The third-order valence-corrected chi connectivity index (χ3v) is 4.00. The predicted molar refractivity (Wildman–Crippen MR) is 66.5 cm³/mol. The van der Waals surface area contributed by atoms with Gasteiger partial charge in [-0.15, -0.1) is 0 Å². The van der Waals surface area contributed by atoms with Gasteiger partial charge in [-0.2, -0.15) is 0 Å². The van der Waals surface area contributed by atoms with E-state index in [9.17, 15) is 4.79 Å². The van der Waals surface area contributed by atoms with Gasteiger partial charge in [0.15, 0.2) is 0 Å². The van der Waals surface area contributed by atoms with Gasteiger partial charge in [-0.25, -0.2) is 0 Å². The molecule has 1 aromatic rings. The molecule has 3 heteroatoms. The quantitative estimate of drug-likeness (QED) is 0.782. The minimum Gasteiger partial charge on any atom is -0.497 e. The Morgan fingerprint density at radius 2 is 2.00 bits per heavy atom. The Bertz CT molecular complexity index is 426. The molecule has 3 fully saturated rings. The molecule has 2 heterocycles. The maximum Gasteiger partial charge on any atom is 0.139 e. The van der Waals surface area contributed by atoms with Gasteiger partial charge in [0, 0.05) is 30.6 Å². The van der Waals surface area contributed by atoms with Crippen molar-refractivity contribution in [3.05, 3.63) is 24.3 Å². The van der Waals surface area contributed by atoms with Gasteiger partial charge in [0.1, 0.15) is 11.5 Å². The van der Waals surface area contributed by atoms with Gasteiger partial charge in [-0.1, -0.05) is 0 Å². The zero-order chi connectivity index (χ0) is 11.8. The smallest absolute Gasteiger partial charge is 0.139 e. The van der Waals surface area contributed by atoms with Crippen LogP contribution in [0.1, 0.15) is 19.3 Å². The first-order chi connectivity index (χ1) is 8.28. The van der Waals surface area contributed by atoms with Crippen molar-refractivity contribution in [1.82, 2.24) is 0 Å². The molecule has 0 radical (unpaired) electrons. The largest absolute Gasteiger partial charge is 0.497 e. The fourth-order valence-electron chi connectivity index (χ4n) is 2.99. The van der Waals surface area contributed by atoms with Gasteiger partial charge in [-0.05, 0) is 37.1 Å². The Kier molecular flexibility index (Phi) is 2.54. The summed E-state index contributed by atoms with van der Waals surface area (Å²) in [5.41, 5.74) is 1.22. The van der Waals surface area contributed by atoms with Crippen LogP contribution in [-0.4, -0.2) is 25.5 Å². The van der Waals surface area contributed by atoms with Gasteiger partial charge >= 0.3 is 0 Å². The average Bonchev–Trinajstić information content (AvgIpc) is 2.39.